The second-order valence-electron chi connectivity index (χ2n) is 3.29. The van der Waals surface area contributed by atoms with E-state index in [1.54, 1.807) is 0 Å². The average molecular weight is 251 g/mol. The molecule has 1 fully saturated rings. The SMILES string of the molecule is CC(C)C1CCCC1.[La]. The summed E-state index contributed by atoms with van der Waals surface area (Å²) in [6.45, 7) is 4.69. The predicted octanol–water partition coefficient (Wildman–Crippen LogP) is 2.83. The number of hydrogen-bond acceptors (Lipinski definition) is 0. The maximum atomic E-state index is 2.34. The standard InChI is InChI=1S/C8H16.La/c1-7(2)8-5-3-4-6-8;/h7-8H,3-6H2,1-2H3;. The molecule has 0 N–H and O–H groups in total. The molecule has 0 atom stereocenters. The van der Waals surface area contributed by atoms with Crippen LogP contribution in [-0.4, -0.2) is 0 Å². The maximum Gasteiger partial charge on any atom is 0 e. The molecular formula is C8H16La. The van der Waals surface area contributed by atoms with Gasteiger partial charge in [-0.3, -0.25) is 0 Å². The van der Waals surface area contributed by atoms with Gasteiger partial charge in [0.1, 0.15) is 0 Å². The van der Waals surface area contributed by atoms with Crippen LogP contribution in [0.3, 0.4) is 0 Å². The number of rotatable bonds is 1. The van der Waals surface area contributed by atoms with Gasteiger partial charge in [0.25, 0.3) is 0 Å². The van der Waals surface area contributed by atoms with E-state index in [0.29, 0.717) is 0 Å². The van der Waals surface area contributed by atoms with Gasteiger partial charge in [-0.15, -0.1) is 0 Å². The van der Waals surface area contributed by atoms with E-state index in [9.17, 15) is 0 Å². The van der Waals surface area contributed by atoms with Crippen molar-refractivity contribution in [1.29, 1.82) is 0 Å². The summed E-state index contributed by atoms with van der Waals surface area (Å²) in [6, 6.07) is 0. The van der Waals surface area contributed by atoms with Crippen LogP contribution in [0.15, 0.2) is 0 Å². The minimum absolute atomic E-state index is 0. The van der Waals surface area contributed by atoms with Crippen LogP contribution in [0.5, 0.6) is 0 Å². The summed E-state index contributed by atoms with van der Waals surface area (Å²) in [7, 11) is 0. The zero-order chi connectivity index (χ0) is 5.98. The van der Waals surface area contributed by atoms with Crippen molar-refractivity contribution in [2.75, 3.05) is 0 Å². The molecule has 0 aromatic rings. The van der Waals surface area contributed by atoms with Crippen LogP contribution in [-0.2, 0) is 0 Å². The van der Waals surface area contributed by atoms with Crippen molar-refractivity contribution in [3.63, 3.8) is 0 Å². The van der Waals surface area contributed by atoms with Crippen molar-refractivity contribution in [2.24, 2.45) is 11.8 Å². The molecule has 1 heteroatoms. The van der Waals surface area contributed by atoms with Gasteiger partial charge in [0.15, 0.2) is 0 Å². The Balaban J connectivity index is 0.000000640. The first-order valence-corrected chi connectivity index (χ1v) is 3.80. The minimum Gasteiger partial charge on any atom is -0.0625 e. The Morgan fingerprint density at radius 3 is 1.78 bits per heavy atom. The first kappa shape index (κ1) is 10.2. The van der Waals surface area contributed by atoms with Crippen molar-refractivity contribution < 1.29 is 35.6 Å². The molecule has 51 valence electrons. The van der Waals surface area contributed by atoms with Crippen LogP contribution in [0, 0.1) is 47.4 Å². The smallest absolute Gasteiger partial charge is 0 e. The predicted molar refractivity (Wildman–Crippen MR) is 36.8 cm³/mol. The van der Waals surface area contributed by atoms with E-state index >= 15 is 0 Å². The van der Waals surface area contributed by atoms with Gasteiger partial charge in [-0.25, -0.2) is 0 Å². The van der Waals surface area contributed by atoms with E-state index in [0.717, 1.165) is 11.8 Å². The molecule has 0 bridgehead atoms. The minimum atomic E-state index is 0. The van der Waals surface area contributed by atoms with Gasteiger partial charge in [-0.05, 0) is 11.8 Å². The molecule has 0 heterocycles. The van der Waals surface area contributed by atoms with Crippen LogP contribution in [0.2, 0.25) is 0 Å². The van der Waals surface area contributed by atoms with Crippen LogP contribution >= 0.6 is 0 Å². The van der Waals surface area contributed by atoms with E-state index in [1.165, 1.54) is 25.7 Å². The topological polar surface area (TPSA) is 0 Å². The molecule has 0 aromatic heterocycles. The normalized spacial score (nSPS) is 20.3. The first-order chi connectivity index (χ1) is 3.80. The van der Waals surface area contributed by atoms with E-state index in [2.05, 4.69) is 13.8 Å². The number of hydrogen-bond donors (Lipinski definition) is 0. The summed E-state index contributed by atoms with van der Waals surface area (Å²) < 4.78 is 0. The quantitative estimate of drug-likeness (QED) is 0.672. The second-order valence-corrected chi connectivity index (χ2v) is 3.29. The van der Waals surface area contributed by atoms with Crippen molar-refractivity contribution in [1.82, 2.24) is 0 Å². The van der Waals surface area contributed by atoms with E-state index in [1.807, 2.05) is 0 Å². The molecule has 1 saturated carbocycles. The Kier molecular flexibility index (Phi) is 5.58. The molecule has 1 aliphatic carbocycles. The zero-order valence-electron chi connectivity index (χ0n) is 6.56. The summed E-state index contributed by atoms with van der Waals surface area (Å²) in [5.41, 5.74) is 0. The van der Waals surface area contributed by atoms with E-state index in [4.69, 9.17) is 0 Å². The van der Waals surface area contributed by atoms with Crippen LogP contribution in [0.4, 0.5) is 0 Å². The Morgan fingerprint density at radius 1 is 1.11 bits per heavy atom. The Bertz CT molecular complexity index is 63.0. The van der Waals surface area contributed by atoms with Crippen molar-refractivity contribution in [3.8, 4) is 0 Å². The average Bonchev–Trinajstić information content (AvgIpc) is 2.12. The molecule has 0 aliphatic heterocycles. The zero-order valence-corrected chi connectivity index (χ0v) is 10.2. The summed E-state index contributed by atoms with van der Waals surface area (Å²) >= 11 is 0. The molecule has 0 amide bonds. The fourth-order valence-electron chi connectivity index (χ4n) is 1.62. The fraction of sp³-hybridized carbons (Fsp3) is 1.00. The van der Waals surface area contributed by atoms with Crippen molar-refractivity contribution in [2.45, 2.75) is 39.5 Å². The summed E-state index contributed by atoms with van der Waals surface area (Å²) in [6.07, 6.45) is 5.97. The molecule has 1 aliphatic rings. The Morgan fingerprint density at radius 2 is 1.56 bits per heavy atom. The van der Waals surface area contributed by atoms with Gasteiger partial charge < -0.3 is 0 Å². The Hall–Kier alpha value is 1.19. The molecule has 0 nitrogen and oxygen atoms in total. The maximum absolute atomic E-state index is 2.34. The molecule has 0 saturated heterocycles. The van der Waals surface area contributed by atoms with E-state index < -0.39 is 0 Å². The summed E-state index contributed by atoms with van der Waals surface area (Å²) in [5.74, 6) is 2.01. The van der Waals surface area contributed by atoms with Crippen molar-refractivity contribution >= 4 is 0 Å². The second kappa shape index (κ2) is 4.93. The van der Waals surface area contributed by atoms with Crippen LogP contribution < -0.4 is 0 Å². The molecule has 0 unspecified atom stereocenters. The third-order valence-electron chi connectivity index (χ3n) is 2.34. The van der Waals surface area contributed by atoms with Gasteiger partial charge in [0, 0.05) is 35.6 Å². The largest absolute Gasteiger partial charge is 0.0625 e. The Labute approximate surface area is 86.4 Å². The van der Waals surface area contributed by atoms with Gasteiger partial charge in [-0.2, -0.15) is 0 Å². The van der Waals surface area contributed by atoms with Crippen molar-refractivity contribution in [3.05, 3.63) is 0 Å². The summed E-state index contributed by atoms with van der Waals surface area (Å²) in [4.78, 5) is 0. The molecule has 0 aromatic carbocycles. The summed E-state index contributed by atoms with van der Waals surface area (Å²) in [5, 5.41) is 0. The first-order valence-electron chi connectivity index (χ1n) is 3.80. The third kappa shape index (κ3) is 3.20. The fourth-order valence-corrected chi connectivity index (χ4v) is 1.62. The van der Waals surface area contributed by atoms with Crippen LogP contribution in [0.25, 0.3) is 0 Å². The third-order valence-corrected chi connectivity index (χ3v) is 2.34. The van der Waals surface area contributed by atoms with Gasteiger partial charge in [0.05, 0.1) is 0 Å². The van der Waals surface area contributed by atoms with Gasteiger partial charge in [0.2, 0.25) is 0 Å². The molecule has 9 heavy (non-hydrogen) atoms. The van der Waals surface area contributed by atoms with Gasteiger partial charge >= 0.3 is 0 Å². The molecular weight excluding hydrogens is 235 g/mol. The molecule has 1 radical (unpaired) electrons. The van der Waals surface area contributed by atoms with Crippen LogP contribution in [0.1, 0.15) is 39.5 Å². The monoisotopic (exact) mass is 251 g/mol. The van der Waals surface area contributed by atoms with E-state index in [-0.39, 0.29) is 35.6 Å². The molecule has 1 rings (SSSR count). The van der Waals surface area contributed by atoms with Gasteiger partial charge in [-0.1, -0.05) is 39.5 Å². The molecule has 0 spiro atoms.